The number of halogens is 2. The Balaban J connectivity index is 1.79. The van der Waals surface area contributed by atoms with E-state index in [9.17, 15) is 18.0 Å². The Morgan fingerprint density at radius 1 is 1.12 bits per heavy atom. The van der Waals surface area contributed by atoms with Crippen molar-refractivity contribution in [3.63, 3.8) is 0 Å². The summed E-state index contributed by atoms with van der Waals surface area (Å²) in [6.07, 6.45) is 0.263. The zero-order chi connectivity index (χ0) is 23.7. The van der Waals surface area contributed by atoms with Crippen LogP contribution >= 0.6 is 23.2 Å². The molecule has 0 saturated carbocycles. The number of hydrogen-bond acceptors (Lipinski definition) is 6. The third kappa shape index (κ3) is 4.65. The lowest BCUT2D eigenvalue weighted by Crippen LogP contribution is -2.68. The Hall–Kier alpha value is -2.49. The normalized spacial score (nSPS) is 18.0. The molecule has 2 amide bonds. The summed E-state index contributed by atoms with van der Waals surface area (Å²) >= 11 is 12.0. The van der Waals surface area contributed by atoms with Crippen molar-refractivity contribution in [1.29, 1.82) is 0 Å². The molecule has 0 aromatic heterocycles. The molecule has 1 atom stereocenters. The van der Waals surface area contributed by atoms with Gasteiger partial charge < -0.3 is 14.4 Å². The highest BCUT2D eigenvalue weighted by molar-refractivity contribution is 7.90. The molecule has 3 rings (SSSR count). The molecule has 1 N–H and O–H groups in total. The molecular formula is C21H22Cl2N2O6S. The first-order valence-corrected chi connectivity index (χ1v) is 11.8. The first-order valence-electron chi connectivity index (χ1n) is 9.55. The number of sulfonamides is 1. The van der Waals surface area contributed by atoms with E-state index in [2.05, 4.69) is 4.72 Å². The smallest absolute Gasteiger partial charge is 0.267 e. The van der Waals surface area contributed by atoms with Gasteiger partial charge in [0, 0.05) is 22.7 Å². The van der Waals surface area contributed by atoms with Gasteiger partial charge in [-0.05, 0) is 43.2 Å². The zero-order valence-electron chi connectivity index (χ0n) is 17.6. The fraction of sp³-hybridized carbons (Fsp3) is 0.333. The number of amides is 2. The third-order valence-corrected chi connectivity index (χ3v) is 7.39. The molecule has 1 fully saturated rings. The predicted molar refractivity (Wildman–Crippen MR) is 120 cm³/mol. The molecule has 1 aliphatic rings. The number of likely N-dealkylation sites (tertiary alicyclic amines) is 1. The third-order valence-electron chi connectivity index (χ3n) is 5.45. The van der Waals surface area contributed by atoms with Crippen molar-refractivity contribution in [2.75, 3.05) is 20.8 Å². The molecular weight excluding hydrogens is 479 g/mol. The van der Waals surface area contributed by atoms with E-state index >= 15 is 0 Å². The minimum absolute atomic E-state index is 0.0463. The first kappa shape index (κ1) is 24.2. The van der Waals surface area contributed by atoms with Gasteiger partial charge in [-0.25, -0.2) is 13.1 Å². The molecule has 2 aromatic carbocycles. The number of nitrogens with one attached hydrogen (secondary N) is 1. The zero-order valence-corrected chi connectivity index (χ0v) is 20.0. The summed E-state index contributed by atoms with van der Waals surface area (Å²) in [5.41, 5.74) is -0.765. The van der Waals surface area contributed by atoms with Gasteiger partial charge in [-0.15, -0.1) is 0 Å². The Morgan fingerprint density at radius 2 is 1.84 bits per heavy atom. The second-order valence-electron chi connectivity index (χ2n) is 7.43. The van der Waals surface area contributed by atoms with Gasteiger partial charge >= 0.3 is 0 Å². The van der Waals surface area contributed by atoms with Crippen molar-refractivity contribution in [1.82, 2.24) is 9.62 Å². The number of ether oxygens (including phenoxy) is 2. The Labute approximate surface area is 196 Å². The fourth-order valence-electron chi connectivity index (χ4n) is 3.40. The number of hydrogen-bond donors (Lipinski definition) is 1. The van der Waals surface area contributed by atoms with Crippen LogP contribution in [0.25, 0.3) is 0 Å². The maximum Gasteiger partial charge on any atom is 0.267 e. The standard InChI is InChI=1S/C21H22Cl2N2O6S/c1-21(8-9-25(21)19(26)10-13-4-5-14(22)11-16(13)23)20(27)24-32(28,29)18-12-15(30-2)6-7-17(18)31-3/h4-7,11-12H,8-10H2,1-3H3,(H,24,27). The molecule has 1 heterocycles. The average molecular weight is 501 g/mol. The van der Waals surface area contributed by atoms with E-state index in [-0.39, 0.29) is 28.7 Å². The quantitative estimate of drug-likeness (QED) is 0.626. The number of carbonyl (C=O) groups is 2. The summed E-state index contributed by atoms with van der Waals surface area (Å²) < 4.78 is 38.1. The first-order chi connectivity index (χ1) is 15.0. The summed E-state index contributed by atoms with van der Waals surface area (Å²) in [6.45, 7) is 1.84. The van der Waals surface area contributed by atoms with Gasteiger partial charge in [-0.2, -0.15) is 0 Å². The average Bonchev–Trinajstić information content (AvgIpc) is 2.73. The number of rotatable bonds is 7. The van der Waals surface area contributed by atoms with Crippen molar-refractivity contribution in [3.8, 4) is 11.5 Å². The monoisotopic (exact) mass is 500 g/mol. The summed E-state index contributed by atoms with van der Waals surface area (Å²) in [4.78, 5) is 26.9. The fourth-order valence-corrected chi connectivity index (χ4v) is 5.14. The lowest BCUT2D eigenvalue weighted by molar-refractivity contribution is -0.156. The van der Waals surface area contributed by atoms with Gasteiger partial charge in [0.25, 0.3) is 15.9 Å². The van der Waals surface area contributed by atoms with E-state index in [1.807, 2.05) is 0 Å². The molecule has 32 heavy (non-hydrogen) atoms. The van der Waals surface area contributed by atoms with Gasteiger partial charge in [-0.3, -0.25) is 9.59 Å². The highest BCUT2D eigenvalue weighted by Crippen LogP contribution is 2.34. The molecule has 8 nitrogen and oxygen atoms in total. The van der Waals surface area contributed by atoms with Crippen molar-refractivity contribution in [3.05, 3.63) is 52.0 Å². The second kappa shape index (κ2) is 9.17. The molecule has 1 unspecified atom stereocenters. The highest BCUT2D eigenvalue weighted by Gasteiger charge is 2.50. The van der Waals surface area contributed by atoms with E-state index in [4.69, 9.17) is 32.7 Å². The largest absolute Gasteiger partial charge is 0.497 e. The van der Waals surface area contributed by atoms with Crippen LogP contribution in [0, 0.1) is 0 Å². The van der Waals surface area contributed by atoms with Gasteiger partial charge in [0.05, 0.1) is 20.6 Å². The molecule has 0 bridgehead atoms. The van der Waals surface area contributed by atoms with Crippen LogP contribution in [-0.4, -0.2) is 51.4 Å². The molecule has 0 radical (unpaired) electrons. The van der Waals surface area contributed by atoms with Crippen LogP contribution in [-0.2, 0) is 26.0 Å². The number of carbonyl (C=O) groups excluding carboxylic acids is 2. The Morgan fingerprint density at radius 3 is 2.41 bits per heavy atom. The molecule has 172 valence electrons. The Bertz CT molecular complexity index is 1170. The lowest BCUT2D eigenvalue weighted by Gasteiger charge is -2.49. The van der Waals surface area contributed by atoms with Crippen molar-refractivity contribution in [2.45, 2.75) is 30.2 Å². The van der Waals surface area contributed by atoms with E-state index in [0.29, 0.717) is 28.6 Å². The maximum absolute atomic E-state index is 13.0. The van der Waals surface area contributed by atoms with Crippen LogP contribution < -0.4 is 14.2 Å². The molecule has 0 aliphatic carbocycles. The summed E-state index contributed by atoms with van der Waals surface area (Å²) in [5.74, 6) is -0.834. The number of benzene rings is 2. The summed E-state index contributed by atoms with van der Waals surface area (Å²) in [7, 11) is -1.58. The molecule has 1 saturated heterocycles. The van der Waals surface area contributed by atoms with Gasteiger partial charge in [-0.1, -0.05) is 29.3 Å². The van der Waals surface area contributed by atoms with Gasteiger partial charge in [0.2, 0.25) is 5.91 Å². The number of nitrogens with zero attached hydrogens (tertiary/aromatic N) is 1. The van der Waals surface area contributed by atoms with E-state index in [1.165, 1.54) is 50.3 Å². The van der Waals surface area contributed by atoms with Crippen LogP contribution in [0.4, 0.5) is 0 Å². The minimum Gasteiger partial charge on any atom is -0.497 e. The molecule has 2 aromatic rings. The molecule has 0 spiro atoms. The van der Waals surface area contributed by atoms with Crippen LogP contribution in [0.1, 0.15) is 18.9 Å². The summed E-state index contributed by atoms with van der Waals surface area (Å²) in [6, 6.07) is 9.00. The highest BCUT2D eigenvalue weighted by atomic mass is 35.5. The van der Waals surface area contributed by atoms with Crippen LogP contribution in [0.15, 0.2) is 41.3 Å². The van der Waals surface area contributed by atoms with E-state index in [1.54, 1.807) is 12.1 Å². The van der Waals surface area contributed by atoms with Crippen molar-refractivity contribution < 1.29 is 27.5 Å². The second-order valence-corrected chi connectivity index (χ2v) is 9.93. The Kier molecular flexibility index (Phi) is 6.92. The maximum atomic E-state index is 13.0. The van der Waals surface area contributed by atoms with Crippen LogP contribution in [0.2, 0.25) is 10.0 Å². The van der Waals surface area contributed by atoms with Crippen molar-refractivity contribution >= 4 is 45.0 Å². The predicted octanol–water partition coefficient (Wildman–Crippen LogP) is 3.05. The topological polar surface area (TPSA) is 102 Å². The van der Waals surface area contributed by atoms with Crippen molar-refractivity contribution in [2.24, 2.45) is 0 Å². The van der Waals surface area contributed by atoms with Gasteiger partial charge in [0.1, 0.15) is 21.9 Å². The molecule has 11 heteroatoms. The molecule has 1 aliphatic heterocycles. The van der Waals surface area contributed by atoms with Crippen LogP contribution in [0.3, 0.4) is 0 Å². The van der Waals surface area contributed by atoms with E-state index in [0.717, 1.165) is 0 Å². The lowest BCUT2D eigenvalue weighted by atomic mass is 9.85. The van der Waals surface area contributed by atoms with Gasteiger partial charge in [0.15, 0.2) is 0 Å². The number of methoxy groups -OCH3 is 2. The summed E-state index contributed by atoms with van der Waals surface area (Å²) in [5, 5.41) is 0.780. The van der Waals surface area contributed by atoms with Crippen LogP contribution in [0.5, 0.6) is 11.5 Å². The van der Waals surface area contributed by atoms with E-state index < -0.39 is 21.5 Å². The minimum atomic E-state index is -4.29. The SMILES string of the molecule is COc1ccc(OC)c(S(=O)(=O)NC(=O)C2(C)CCN2C(=O)Cc2ccc(Cl)cc2Cl)c1.